The van der Waals surface area contributed by atoms with Gasteiger partial charge in [-0.1, -0.05) is 98.8 Å². The summed E-state index contributed by atoms with van der Waals surface area (Å²) in [5.74, 6) is 0.652. The van der Waals surface area contributed by atoms with Crippen LogP contribution in [0.5, 0.6) is 0 Å². The maximum Gasteiger partial charge on any atom is 0.235 e. The molecule has 2 saturated heterocycles. The van der Waals surface area contributed by atoms with E-state index in [9.17, 15) is 0 Å². The third-order valence-electron chi connectivity index (χ3n) is 14.9. The van der Waals surface area contributed by atoms with E-state index < -0.39 is 0 Å². The Labute approximate surface area is 415 Å². The molecule has 2 fully saturated rings. The van der Waals surface area contributed by atoms with Crippen molar-refractivity contribution in [1.82, 2.24) is 14.5 Å². The molecule has 2 aliphatic rings. The highest BCUT2D eigenvalue weighted by Gasteiger charge is 2.37. The first kappa shape index (κ1) is 47.0. The monoisotopic (exact) mass is 955 g/mol. The van der Waals surface area contributed by atoms with Crippen molar-refractivity contribution in [2.45, 2.75) is 78.4 Å². The Bertz CT molecular complexity index is 3240. The van der Waals surface area contributed by atoms with Crippen LogP contribution in [0.25, 0.3) is 80.9 Å². The van der Waals surface area contributed by atoms with E-state index in [0.717, 1.165) is 155 Å². The highest BCUT2D eigenvalue weighted by molar-refractivity contribution is 7.27. The Morgan fingerprint density at radius 3 is 1.74 bits per heavy atom. The molecule has 0 aliphatic carbocycles. The average molecular weight is 956 g/mol. The smallest absolute Gasteiger partial charge is 0.235 e. The summed E-state index contributed by atoms with van der Waals surface area (Å²) in [6, 6.07) is 41.5. The number of unbranched alkanes of at least 4 members (excludes halogenated alkanes) is 4. The molecule has 9 nitrogen and oxygen atoms in total. The number of rotatable bonds is 24. The third-order valence-corrected chi connectivity index (χ3v) is 16.1. The van der Waals surface area contributed by atoms with Gasteiger partial charge in [0.05, 0.1) is 75.1 Å². The molecule has 3 aromatic heterocycles. The van der Waals surface area contributed by atoms with Gasteiger partial charge in [0, 0.05) is 84.5 Å². The number of nitrogens with zero attached hydrogens (tertiary/aromatic N) is 3. The summed E-state index contributed by atoms with van der Waals surface area (Å²) >= 11 is 1.86. The van der Waals surface area contributed by atoms with Gasteiger partial charge in [-0.05, 0) is 98.2 Å². The first-order valence-electron chi connectivity index (χ1n) is 25.7. The van der Waals surface area contributed by atoms with Crippen molar-refractivity contribution in [3.8, 4) is 17.2 Å². The minimum atomic E-state index is 0.236. The predicted molar refractivity (Wildman–Crippen MR) is 285 cm³/mol. The van der Waals surface area contributed by atoms with Gasteiger partial charge in [-0.2, -0.15) is 0 Å². The molecule has 9 aromatic rings. The lowest BCUT2D eigenvalue weighted by molar-refractivity contribution is -0.150. The second-order valence-electron chi connectivity index (χ2n) is 19.9. The van der Waals surface area contributed by atoms with Crippen LogP contribution < -0.4 is 0 Å². The van der Waals surface area contributed by atoms with Crippen LogP contribution in [0.2, 0.25) is 0 Å². The number of para-hydroxylation sites is 1. The fraction of sp³-hybridized carbons (Fsp3) is 0.400. The number of benzene rings is 6. The van der Waals surface area contributed by atoms with Crippen LogP contribution >= 0.6 is 11.3 Å². The lowest BCUT2D eigenvalue weighted by Crippen LogP contribution is -2.45. The quantitative estimate of drug-likeness (QED) is 0.0554. The van der Waals surface area contributed by atoms with Crippen molar-refractivity contribution in [1.29, 1.82) is 0 Å². The molecule has 0 radical (unpaired) electrons. The van der Waals surface area contributed by atoms with Gasteiger partial charge in [0.1, 0.15) is 0 Å². The maximum absolute atomic E-state index is 6.39. The van der Waals surface area contributed by atoms with Gasteiger partial charge >= 0.3 is 0 Å². The number of ether oxygens (including phenoxy) is 6. The summed E-state index contributed by atoms with van der Waals surface area (Å²) in [5, 5.41) is 8.30. The summed E-state index contributed by atoms with van der Waals surface area (Å²) in [7, 11) is 0. The molecule has 10 heteroatoms. The number of fused-ring (bicyclic) bond motifs is 11. The Hall–Kier alpha value is -5.30. The van der Waals surface area contributed by atoms with Crippen molar-refractivity contribution in [3.63, 3.8) is 0 Å². The molecule has 2 aliphatic heterocycles. The molecule has 362 valence electrons. The number of aromatic nitrogens is 3. The Morgan fingerprint density at radius 1 is 0.543 bits per heavy atom. The first-order valence-corrected chi connectivity index (χ1v) is 26.5. The van der Waals surface area contributed by atoms with E-state index in [0.29, 0.717) is 25.8 Å². The van der Waals surface area contributed by atoms with Crippen LogP contribution in [-0.2, 0) is 41.6 Å². The fourth-order valence-corrected chi connectivity index (χ4v) is 11.6. The van der Waals surface area contributed by atoms with Gasteiger partial charge in [-0.3, -0.25) is 4.57 Å². The van der Waals surface area contributed by atoms with Crippen molar-refractivity contribution in [3.05, 3.63) is 126 Å². The SMILES string of the molecule is CCC1(COCCCCCOCc2ccc3sc4c5ccccc5c5c6cc(COCCCCCOCC7(CC)COC7)ccc6n(-c6nc(-c7ccccc7)c7ccccc7n6)c5c4c3c2)COC1. The zero-order valence-electron chi connectivity index (χ0n) is 40.8. The number of hydrogen-bond donors (Lipinski definition) is 0. The molecule has 0 bridgehead atoms. The van der Waals surface area contributed by atoms with E-state index in [1.807, 2.05) is 11.3 Å². The Balaban J connectivity index is 0.916. The van der Waals surface area contributed by atoms with Crippen molar-refractivity contribution in [2.75, 3.05) is 66.1 Å². The fourth-order valence-electron chi connectivity index (χ4n) is 10.4. The molecule has 0 atom stereocenters. The molecule has 6 aromatic carbocycles. The van der Waals surface area contributed by atoms with E-state index in [1.165, 1.54) is 41.9 Å². The van der Waals surface area contributed by atoms with Gasteiger partial charge in [-0.15, -0.1) is 11.3 Å². The molecule has 0 saturated carbocycles. The van der Waals surface area contributed by atoms with E-state index >= 15 is 0 Å². The highest BCUT2D eigenvalue weighted by Crippen LogP contribution is 2.48. The van der Waals surface area contributed by atoms with Gasteiger partial charge in [0.15, 0.2) is 0 Å². The van der Waals surface area contributed by atoms with Crippen LogP contribution in [0.15, 0.2) is 115 Å². The van der Waals surface area contributed by atoms with E-state index in [1.54, 1.807) is 0 Å². The maximum atomic E-state index is 6.39. The van der Waals surface area contributed by atoms with Crippen molar-refractivity contribution in [2.24, 2.45) is 10.8 Å². The zero-order chi connectivity index (χ0) is 47.3. The lowest BCUT2D eigenvalue weighted by Gasteiger charge is -2.40. The molecule has 11 rings (SSSR count). The van der Waals surface area contributed by atoms with Crippen molar-refractivity contribution < 1.29 is 28.4 Å². The average Bonchev–Trinajstić information content (AvgIpc) is 3.93. The third kappa shape index (κ3) is 9.48. The van der Waals surface area contributed by atoms with Gasteiger partial charge in [0.25, 0.3) is 0 Å². The summed E-state index contributed by atoms with van der Waals surface area (Å²) in [6.45, 7) is 13.5. The van der Waals surface area contributed by atoms with Gasteiger partial charge in [-0.25, -0.2) is 9.97 Å². The van der Waals surface area contributed by atoms with Crippen molar-refractivity contribution >= 4 is 75.0 Å². The zero-order valence-corrected chi connectivity index (χ0v) is 41.6. The standard InChI is InChI=1S/C60H65N3O6S/c1-3-59(38-68-39-59)36-66-30-16-6-14-28-64-34-42-24-26-51-48(32-42)53-45-20-10-11-21-46(45)57-54(56(53)63(51)58-61-50-23-13-12-22-47(50)55(62-58)44-18-8-5-9-19-44)49-33-43(25-27-52(49)70-57)35-65-29-15-7-17-31-67-37-60(4-2)40-69-41-60/h5,8-13,18-27,32-33H,3-4,6-7,14-17,28-31,34-41H2,1-2H3. The molecule has 0 amide bonds. The van der Waals surface area contributed by atoms with Crippen LogP contribution in [-0.4, -0.2) is 80.6 Å². The van der Waals surface area contributed by atoms with Crippen LogP contribution in [0.4, 0.5) is 0 Å². The summed E-state index contributed by atoms with van der Waals surface area (Å²) < 4.78 is 40.6. The molecule has 0 unspecified atom stereocenters. The molecular formula is C60H65N3O6S. The minimum Gasteiger partial charge on any atom is -0.381 e. The predicted octanol–water partition coefficient (Wildman–Crippen LogP) is 14.2. The normalized spacial score (nSPS) is 15.5. The number of thiophene rings is 1. The van der Waals surface area contributed by atoms with Crippen LogP contribution in [0, 0.1) is 10.8 Å². The lowest BCUT2D eigenvalue weighted by atomic mass is 9.84. The largest absolute Gasteiger partial charge is 0.381 e. The molecule has 0 N–H and O–H groups in total. The Kier molecular flexibility index (Phi) is 14.2. The molecule has 5 heterocycles. The summed E-state index contributed by atoms with van der Waals surface area (Å²) in [5.41, 5.74) is 7.85. The minimum absolute atomic E-state index is 0.236. The van der Waals surface area contributed by atoms with E-state index in [2.05, 4.69) is 134 Å². The topological polar surface area (TPSA) is 86.1 Å². The van der Waals surface area contributed by atoms with E-state index in [4.69, 9.17) is 38.4 Å². The summed E-state index contributed by atoms with van der Waals surface area (Å²) in [6.07, 6.45) is 8.48. The van der Waals surface area contributed by atoms with E-state index in [-0.39, 0.29) is 10.8 Å². The second kappa shape index (κ2) is 21.2. The number of hydrogen-bond acceptors (Lipinski definition) is 9. The first-order chi connectivity index (χ1) is 34.6. The Morgan fingerprint density at radius 2 is 1.11 bits per heavy atom. The molecular weight excluding hydrogens is 891 g/mol. The molecule has 70 heavy (non-hydrogen) atoms. The molecule has 0 spiro atoms. The highest BCUT2D eigenvalue weighted by atomic mass is 32.1. The van der Waals surface area contributed by atoms with Gasteiger partial charge < -0.3 is 28.4 Å². The second-order valence-corrected chi connectivity index (χ2v) is 20.9. The van der Waals surface area contributed by atoms with Crippen LogP contribution in [0.3, 0.4) is 0 Å². The van der Waals surface area contributed by atoms with Gasteiger partial charge in [0.2, 0.25) is 5.95 Å². The summed E-state index contributed by atoms with van der Waals surface area (Å²) in [4.78, 5) is 10.9. The van der Waals surface area contributed by atoms with Crippen LogP contribution in [0.1, 0.15) is 76.3 Å².